The van der Waals surface area contributed by atoms with Crippen molar-refractivity contribution < 1.29 is 18.1 Å². The molecule has 0 radical (unpaired) electrons. The number of nitrogens with zero attached hydrogens (tertiary/aromatic N) is 3. The number of H-pyrrole nitrogens is 2. The second-order valence-corrected chi connectivity index (χ2v) is 10.9. The van der Waals surface area contributed by atoms with Crippen molar-refractivity contribution in [2.24, 2.45) is 5.92 Å². The lowest BCUT2D eigenvalue weighted by atomic mass is 9.90. The normalized spacial score (nSPS) is 18.6. The summed E-state index contributed by atoms with van der Waals surface area (Å²) >= 11 is 0. The minimum atomic E-state index is -3.51. The molecule has 34 heavy (non-hydrogen) atoms. The maximum atomic E-state index is 13.0. The largest absolute Gasteiger partial charge is 0.466 e. The third kappa shape index (κ3) is 5.16. The number of sulfonamides is 1. The standard InChI is InChI=1S/C23H31N7O3S/c31-34(32,30-13-4-11-24-12-14-30)19-9-7-18(8-10-19)27-23-28-21-20(25-16-26-21)22(29-23)33-15-17-5-2-1-3-6-17/h7-10,16-17,24H,1-6,11-15H2,(H2,25,26,27,28,29)/p+1. The van der Waals surface area contributed by atoms with E-state index in [0.29, 0.717) is 55.3 Å². The zero-order chi connectivity index (χ0) is 23.4. The number of aromatic amines is 2. The molecule has 1 saturated heterocycles. The Bertz CT molecular complexity index is 1200. The molecule has 10 nitrogen and oxygen atoms in total. The molecule has 3 aromatic rings. The lowest BCUT2D eigenvalue weighted by Crippen LogP contribution is -2.34. The topological polar surface area (TPSA) is 126 Å². The first-order chi connectivity index (χ1) is 16.6. The molecule has 0 unspecified atom stereocenters. The van der Waals surface area contributed by atoms with Crippen LogP contribution in [-0.4, -0.2) is 60.5 Å². The van der Waals surface area contributed by atoms with Crippen LogP contribution in [0, 0.1) is 5.92 Å². The van der Waals surface area contributed by atoms with Gasteiger partial charge in [-0.05, 0) is 61.0 Å². The van der Waals surface area contributed by atoms with Crippen molar-refractivity contribution in [2.75, 3.05) is 38.1 Å². The SMILES string of the molecule is O=S(=O)(c1ccc(Nc2nc3nc[nH]c3c(OCC3CCCCC3)[nH+]2)cc1)N1CCCNCC1. The summed E-state index contributed by atoms with van der Waals surface area (Å²) in [5.41, 5.74) is 2.00. The van der Waals surface area contributed by atoms with E-state index in [1.807, 2.05) is 0 Å². The first-order valence-corrected chi connectivity index (χ1v) is 13.5. The van der Waals surface area contributed by atoms with Gasteiger partial charge in [0.1, 0.15) is 0 Å². The van der Waals surface area contributed by atoms with E-state index in [0.717, 1.165) is 18.5 Å². The van der Waals surface area contributed by atoms with Gasteiger partial charge < -0.3 is 15.0 Å². The molecule has 1 aliphatic carbocycles. The second kappa shape index (κ2) is 10.2. The van der Waals surface area contributed by atoms with Crippen molar-refractivity contribution in [1.29, 1.82) is 0 Å². The van der Waals surface area contributed by atoms with Crippen LogP contribution in [0.1, 0.15) is 38.5 Å². The molecule has 2 aliphatic rings. The number of benzene rings is 1. The number of fused-ring (bicyclic) bond motifs is 1. The van der Waals surface area contributed by atoms with Crippen molar-refractivity contribution in [3.05, 3.63) is 30.6 Å². The van der Waals surface area contributed by atoms with Gasteiger partial charge in [-0.25, -0.2) is 23.7 Å². The van der Waals surface area contributed by atoms with Gasteiger partial charge in [0.05, 0.1) is 23.5 Å². The quantitative estimate of drug-likeness (QED) is 0.468. The number of hydrogen-bond donors (Lipinski definition) is 3. The molecule has 4 N–H and O–H groups in total. The maximum absolute atomic E-state index is 13.0. The van der Waals surface area contributed by atoms with Crippen LogP contribution in [0.3, 0.4) is 0 Å². The number of nitrogens with one attached hydrogen (secondary N) is 4. The molecule has 1 saturated carbocycles. The minimum Gasteiger partial charge on any atom is -0.466 e. The molecule has 182 valence electrons. The number of imidazole rings is 1. The Morgan fingerprint density at radius 3 is 2.74 bits per heavy atom. The molecule has 2 aromatic heterocycles. The van der Waals surface area contributed by atoms with Crippen LogP contribution in [-0.2, 0) is 10.0 Å². The fraction of sp³-hybridized carbons (Fsp3) is 0.522. The third-order valence-electron chi connectivity index (χ3n) is 6.54. The van der Waals surface area contributed by atoms with Crippen molar-refractivity contribution >= 4 is 32.8 Å². The van der Waals surface area contributed by atoms with E-state index in [9.17, 15) is 8.42 Å². The molecular formula is C23H32N7O3S+. The van der Waals surface area contributed by atoms with E-state index in [1.54, 1.807) is 34.9 Å². The van der Waals surface area contributed by atoms with Crippen LogP contribution in [0.4, 0.5) is 11.6 Å². The van der Waals surface area contributed by atoms with Gasteiger partial charge in [0, 0.05) is 19.6 Å². The van der Waals surface area contributed by atoms with Crippen molar-refractivity contribution in [2.45, 2.75) is 43.4 Å². The second-order valence-electron chi connectivity index (χ2n) is 8.99. The average Bonchev–Trinajstić information content (AvgIpc) is 3.15. The number of hydrogen-bond acceptors (Lipinski definition) is 7. The predicted octanol–water partition coefficient (Wildman–Crippen LogP) is 2.46. The summed E-state index contributed by atoms with van der Waals surface area (Å²) in [5.74, 6) is 1.65. The summed E-state index contributed by atoms with van der Waals surface area (Å²) in [6.07, 6.45) is 8.65. The predicted molar refractivity (Wildman–Crippen MR) is 128 cm³/mol. The van der Waals surface area contributed by atoms with Gasteiger partial charge in [-0.2, -0.15) is 4.31 Å². The van der Waals surface area contributed by atoms with Gasteiger partial charge in [-0.3, -0.25) is 0 Å². The molecule has 1 aromatic carbocycles. The van der Waals surface area contributed by atoms with Gasteiger partial charge in [0.15, 0.2) is 5.52 Å². The van der Waals surface area contributed by atoms with Crippen LogP contribution in [0.25, 0.3) is 11.2 Å². The van der Waals surface area contributed by atoms with Gasteiger partial charge >= 0.3 is 5.95 Å². The zero-order valence-corrected chi connectivity index (χ0v) is 20.0. The van der Waals surface area contributed by atoms with E-state index in [1.165, 1.54) is 32.1 Å². The Hall–Kier alpha value is -2.76. The van der Waals surface area contributed by atoms with E-state index in [2.05, 4.69) is 30.6 Å². The van der Waals surface area contributed by atoms with Gasteiger partial charge in [-0.1, -0.05) is 19.3 Å². The van der Waals surface area contributed by atoms with E-state index in [-0.39, 0.29) is 4.90 Å². The highest BCUT2D eigenvalue weighted by atomic mass is 32.2. The highest BCUT2D eigenvalue weighted by Gasteiger charge is 2.25. The van der Waals surface area contributed by atoms with E-state index in [4.69, 9.17) is 4.74 Å². The van der Waals surface area contributed by atoms with Crippen LogP contribution in [0.15, 0.2) is 35.5 Å². The van der Waals surface area contributed by atoms with Crippen LogP contribution in [0.5, 0.6) is 5.88 Å². The maximum Gasteiger partial charge on any atom is 0.399 e. The molecule has 0 bridgehead atoms. The molecule has 3 heterocycles. The summed E-state index contributed by atoms with van der Waals surface area (Å²) in [6, 6.07) is 6.75. The Kier molecular flexibility index (Phi) is 6.93. The molecule has 0 amide bonds. The average molecular weight is 487 g/mol. The third-order valence-corrected chi connectivity index (χ3v) is 8.45. The van der Waals surface area contributed by atoms with Crippen molar-refractivity contribution in [1.82, 2.24) is 24.6 Å². The minimum absolute atomic E-state index is 0.288. The Morgan fingerprint density at radius 2 is 1.91 bits per heavy atom. The first-order valence-electron chi connectivity index (χ1n) is 12.1. The van der Waals surface area contributed by atoms with Gasteiger partial charge in [-0.15, -0.1) is 0 Å². The molecule has 5 rings (SSSR count). The summed E-state index contributed by atoms with van der Waals surface area (Å²) in [7, 11) is -3.51. The van der Waals surface area contributed by atoms with Crippen LogP contribution >= 0.6 is 0 Å². The molecular weight excluding hydrogens is 454 g/mol. The number of ether oxygens (including phenoxy) is 1. The lowest BCUT2D eigenvalue weighted by molar-refractivity contribution is -0.380. The molecule has 11 heteroatoms. The van der Waals surface area contributed by atoms with E-state index >= 15 is 0 Å². The smallest absolute Gasteiger partial charge is 0.399 e. The summed E-state index contributed by atoms with van der Waals surface area (Å²) in [5, 5.41) is 6.45. The zero-order valence-electron chi connectivity index (χ0n) is 19.2. The van der Waals surface area contributed by atoms with Crippen LogP contribution in [0.2, 0.25) is 0 Å². The Labute approximate surface area is 199 Å². The van der Waals surface area contributed by atoms with E-state index < -0.39 is 10.0 Å². The fourth-order valence-corrected chi connectivity index (χ4v) is 6.10. The molecule has 0 atom stereocenters. The Morgan fingerprint density at radius 1 is 1.09 bits per heavy atom. The van der Waals surface area contributed by atoms with Crippen LogP contribution < -0.4 is 20.4 Å². The molecule has 1 aliphatic heterocycles. The fourth-order valence-electron chi connectivity index (χ4n) is 4.62. The van der Waals surface area contributed by atoms with Gasteiger partial charge in [0.2, 0.25) is 10.0 Å². The number of rotatable bonds is 7. The molecule has 2 fully saturated rings. The Balaban J connectivity index is 1.31. The summed E-state index contributed by atoms with van der Waals surface area (Å²) < 4.78 is 33.7. The first kappa shape index (κ1) is 23.0. The lowest BCUT2D eigenvalue weighted by Gasteiger charge is -2.21. The summed E-state index contributed by atoms with van der Waals surface area (Å²) in [4.78, 5) is 15.4. The van der Waals surface area contributed by atoms with Gasteiger partial charge in [0.25, 0.3) is 11.5 Å². The molecule has 0 spiro atoms. The number of aromatic nitrogens is 4. The van der Waals surface area contributed by atoms with Crippen molar-refractivity contribution in [3.8, 4) is 5.88 Å². The number of anilines is 2. The highest BCUT2D eigenvalue weighted by Crippen LogP contribution is 2.26. The highest BCUT2D eigenvalue weighted by molar-refractivity contribution is 7.89. The summed E-state index contributed by atoms with van der Waals surface area (Å²) in [6.45, 7) is 3.18. The monoisotopic (exact) mass is 486 g/mol. The van der Waals surface area contributed by atoms with Crippen molar-refractivity contribution in [3.63, 3.8) is 0 Å².